The van der Waals surface area contributed by atoms with Crippen LogP contribution in [0.1, 0.15) is 46.5 Å². The molecule has 4 heteroatoms. The number of para-hydroxylation sites is 1. The van der Waals surface area contributed by atoms with E-state index in [9.17, 15) is 9.59 Å². The summed E-state index contributed by atoms with van der Waals surface area (Å²) in [6.45, 7) is 1.99. The molecule has 0 saturated carbocycles. The molecule has 0 spiro atoms. The third-order valence-corrected chi connectivity index (χ3v) is 5.86. The lowest BCUT2D eigenvalue weighted by molar-refractivity contribution is 0.0958. The monoisotopic (exact) mass is 413 g/mol. The summed E-state index contributed by atoms with van der Waals surface area (Å²) < 4.78 is 5.44. The van der Waals surface area contributed by atoms with E-state index in [0.29, 0.717) is 12.8 Å². The number of ketones is 1. The van der Waals surface area contributed by atoms with Crippen LogP contribution in [-0.2, 0) is 12.8 Å². The molecule has 0 aliphatic carbocycles. The van der Waals surface area contributed by atoms with Gasteiger partial charge in [-0.3, -0.25) is 9.59 Å². The molecule has 0 amide bonds. The maximum atomic E-state index is 12.9. The van der Waals surface area contributed by atoms with Crippen molar-refractivity contribution in [1.29, 1.82) is 0 Å². The highest BCUT2D eigenvalue weighted by molar-refractivity contribution is 5.96. The fraction of sp³-hybridized carbons (Fsp3) is 0.259. The standard InChI is InChI=1S/C27H27NO3/c1-19-8-5-12-22-18-23(27(30)28-26(19)22)16-20(9-6-13-24-14-7-15-31-24)17-25(29)21-10-3-2-4-11-21/h2-5,7-8,10-12,14-15,18,20H,6,9,13,16-17H2,1H3,(H,28,30). The molecular formula is C27H27NO3. The van der Waals surface area contributed by atoms with E-state index >= 15 is 0 Å². The number of carbonyl (C=O) groups excluding carboxylic acids is 1. The lowest BCUT2D eigenvalue weighted by atomic mass is 9.88. The SMILES string of the molecule is Cc1cccc2cc(CC(CCCc3ccco3)CC(=O)c3ccccc3)c(=O)[nH]c12. The number of aromatic amines is 1. The Hall–Kier alpha value is -3.40. The second-order valence-corrected chi connectivity index (χ2v) is 8.20. The van der Waals surface area contributed by atoms with E-state index in [1.165, 1.54) is 0 Å². The Labute approximate surface area is 181 Å². The number of aryl methyl sites for hydroxylation is 2. The number of hydrogen-bond donors (Lipinski definition) is 1. The summed E-state index contributed by atoms with van der Waals surface area (Å²) in [5, 5.41) is 1.03. The molecule has 1 atom stereocenters. The van der Waals surface area contributed by atoms with Gasteiger partial charge < -0.3 is 9.40 Å². The van der Waals surface area contributed by atoms with E-state index in [-0.39, 0.29) is 17.3 Å². The van der Waals surface area contributed by atoms with E-state index in [0.717, 1.165) is 52.6 Å². The van der Waals surface area contributed by atoms with Crippen molar-refractivity contribution in [3.8, 4) is 0 Å². The Morgan fingerprint density at radius 1 is 1.03 bits per heavy atom. The van der Waals surface area contributed by atoms with Crippen LogP contribution in [0.25, 0.3) is 10.9 Å². The predicted molar refractivity (Wildman–Crippen MR) is 124 cm³/mol. The van der Waals surface area contributed by atoms with Crippen molar-refractivity contribution in [2.24, 2.45) is 5.92 Å². The molecule has 4 nitrogen and oxygen atoms in total. The maximum Gasteiger partial charge on any atom is 0.251 e. The van der Waals surface area contributed by atoms with Crippen LogP contribution in [0, 0.1) is 12.8 Å². The van der Waals surface area contributed by atoms with Gasteiger partial charge in [0.15, 0.2) is 5.78 Å². The number of Topliss-reactive ketones (excluding diaryl/α,β-unsaturated/α-hetero) is 1. The van der Waals surface area contributed by atoms with Crippen LogP contribution in [0.15, 0.2) is 82.2 Å². The minimum atomic E-state index is -0.0648. The molecule has 1 N–H and O–H groups in total. The number of carbonyl (C=O) groups is 1. The van der Waals surface area contributed by atoms with Gasteiger partial charge in [-0.25, -0.2) is 0 Å². The van der Waals surface area contributed by atoms with Crippen molar-refractivity contribution in [3.63, 3.8) is 0 Å². The molecule has 0 fully saturated rings. The van der Waals surface area contributed by atoms with Gasteiger partial charge in [0.25, 0.3) is 5.56 Å². The molecule has 2 heterocycles. The number of fused-ring (bicyclic) bond motifs is 1. The second-order valence-electron chi connectivity index (χ2n) is 8.20. The van der Waals surface area contributed by atoms with Crippen LogP contribution >= 0.6 is 0 Å². The number of nitrogens with one attached hydrogen (secondary N) is 1. The van der Waals surface area contributed by atoms with Gasteiger partial charge >= 0.3 is 0 Å². The molecule has 0 aliphatic heterocycles. The van der Waals surface area contributed by atoms with Crippen LogP contribution < -0.4 is 5.56 Å². The largest absolute Gasteiger partial charge is 0.469 e. The van der Waals surface area contributed by atoms with Gasteiger partial charge in [0.05, 0.1) is 11.8 Å². The number of furan rings is 1. The normalized spacial score (nSPS) is 12.2. The summed E-state index contributed by atoms with van der Waals surface area (Å²) in [4.78, 5) is 28.7. The Bertz CT molecular complexity index is 1210. The number of aromatic nitrogens is 1. The van der Waals surface area contributed by atoms with Gasteiger partial charge in [0, 0.05) is 24.0 Å². The van der Waals surface area contributed by atoms with Crippen molar-refractivity contribution in [1.82, 2.24) is 4.98 Å². The van der Waals surface area contributed by atoms with Crippen LogP contribution in [0.2, 0.25) is 0 Å². The third kappa shape index (κ3) is 5.21. The predicted octanol–water partition coefficient (Wildman–Crippen LogP) is 5.88. The van der Waals surface area contributed by atoms with Gasteiger partial charge in [-0.2, -0.15) is 0 Å². The van der Waals surface area contributed by atoms with E-state index in [4.69, 9.17) is 4.42 Å². The molecule has 4 aromatic rings. The molecule has 31 heavy (non-hydrogen) atoms. The summed E-state index contributed by atoms with van der Waals surface area (Å²) in [7, 11) is 0. The first-order valence-electron chi connectivity index (χ1n) is 10.8. The zero-order valence-corrected chi connectivity index (χ0v) is 17.8. The third-order valence-electron chi connectivity index (χ3n) is 5.86. The fourth-order valence-corrected chi connectivity index (χ4v) is 4.19. The number of H-pyrrole nitrogens is 1. The van der Waals surface area contributed by atoms with Crippen molar-refractivity contribution in [3.05, 3.63) is 106 Å². The van der Waals surface area contributed by atoms with Gasteiger partial charge in [-0.05, 0) is 61.3 Å². The molecule has 0 radical (unpaired) electrons. The highest BCUT2D eigenvalue weighted by atomic mass is 16.3. The molecule has 0 bridgehead atoms. The van der Waals surface area contributed by atoms with Crippen molar-refractivity contribution < 1.29 is 9.21 Å². The van der Waals surface area contributed by atoms with E-state index in [1.54, 1.807) is 6.26 Å². The lowest BCUT2D eigenvalue weighted by Gasteiger charge is -2.16. The molecule has 2 aromatic carbocycles. The first-order chi connectivity index (χ1) is 15.1. The van der Waals surface area contributed by atoms with E-state index < -0.39 is 0 Å². The number of benzene rings is 2. The molecule has 4 rings (SSSR count). The lowest BCUT2D eigenvalue weighted by Crippen LogP contribution is -2.19. The van der Waals surface area contributed by atoms with Gasteiger partial charge in [-0.15, -0.1) is 0 Å². The quantitative estimate of drug-likeness (QED) is 0.348. The summed E-state index contributed by atoms with van der Waals surface area (Å²) in [6, 6.07) is 21.2. The number of hydrogen-bond acceptors (Lipinski definition) is 3. The van der Waals surface area contributed by atoms with Gasteiger partial charge in [0.2, 0.25) is 0 Å². The molecule has 158 valence electrons. The summed E-state index contributed by atoms with van der Waals surface area (Å²) >= 11 is 0. The van der Waals surface area contributed by atoms with Crippen molar-refractivity contribution >= 4 is 16.7 Å². The Kier molecular flexibility index (Phi) is 6.46. The highest BCUT2D eigenvalue weighted by Gasteiger charge is 2.18. The average Bonchev–Trinajstić information content (AvgIpc) is 3.29. The number of pyridine rings is 1. The first kappa shape index (κ1) is 20.9. The fourth-order valence-electron chi connectivity index (χ4n) is 4.19. The number of rotatable bonds is 9. The first-order valence-corrected chi connectivity index (χ1v) is 10.8. The molecule has 0 saturated heterocycles. The van der Waals surface area contributed by atoms with Gasteiger partial charge in [-0.1, -0.05) is 48.5 Å². The van der Waals surface area contributed by atoms with E-state index in [2.05, 4.69) is 4.98 Å². The van der Waals surface area contributed by atoms with Crippen molar-refractivity contribution in [2.75, 3.05) is 0 Å². The van der Waals surface area contributed by atoms with Crippen molar-refractivity contribution in [2.45, 2.75) is 39.0 Å². The van der Waals surface area contributed by atoms with Crippen LogP contribution in [-0.4, -0.2) is 10.8 Å². The minimum Gasteiger partial charge on any atom is -0.469 e. The molecule has 2 aromatic heterocycles. The smallest absolute Gasteiger partial charge is 0.251 e. The molecule has 1 unspecified atom stereocenters. The highest BCUT2D eigenvalue weighted by Crippen LogP contribution is 2.23. The average molecular weight is 414 g/mol. The van der Waals surface area contributed by atoms with Crippen LogP contribution in [0.5, 0.6) is 0 Å². The zero-order valence-electron chi connectivity index (χ0n) is 17.8. The zero-order chi connectivity index (χ0) is 21.6. The summed E-state index contributed by atoms with van der Waals surface area (Å²) in [6.07, 6.45) is 5.28. The van der Waals surface area contributed by atoms with E-state index in [1.807, 2.05) is 73.7 Å². The summed E-state index contributed by atoms with van der Waals surface area (Å²) in [5.41, 5.74) is 3.33. The Morgan fingerprint density at radius 3 is 2.65 bits per heavy atom. The molecule has 0 aliphatic rings. The molecular weight excluding hydrogens is 386 g/mol. The topological polar surface area (TPSA) is 63.1 Å². The Balaban J connectivity index is 1.54. The summed E-state index contributed by atoms with van der Waals surface area (Å²) in [5.74, 6) is 1.16. The minimum absolute atomic E-state index is 0.0648. The van der Waals surface area contributed by atoms with Crippen LogP contribution in [0.4, 0.5) is 0 Å². The van der Waals surface area contributed by atoms with Crippen LogP contribution in [0.3, 0.4) is 0 Å². The maximum absolute atomic E-state index is 12.9. The van der Waals surface area contributed by atoms with Gasteiger partial charge in [0.1, 0.15) is 5.76 Å². The Morgan fingerprint density at radius 2 is 1.87 bits per heavy atom. The second kappa shape index (κ2) is 9.61.